The number of allylic oxidation sites excluding steroid dienone is 1. The van der Waals surface area contributed by atoms with Gasteiger partial charge < -0.3 is 25.7 Å². The Labute approximate surface area is 478 Å². The molecule has 0 aliphatic heterocycles. The second-order valence-electron chi connectivity index (χ2n) is 12.7. The van der Waals surface area contributed by atoms with Crippen LogP contribution in [-0.2, 0) is 0 Å². The molecular formula is C48H59BCl2I2NO8S7. The molecule has 7 aromatic heterocycles. The first-order valence-corrected chi connectivity index (χ1v) is 28.6. The Balaban J connectivity index is -0.000000733. The van der Waals surface area contributed by atoms with Gasteiger partial charge in [0.05, 0.1) is 32.9 Å². The highest BCUT2D eigenvalue weighted by Crippen LogP contribution is 2.23. The lowest BCUT2D eigenvalue weighted by molar-refractivity contribution is 0.0701. The van der Waals surface area contributed by atoms with Gasteiger partial charge in [-0.25, -0.2) is 4.79 Å². The summed E-state index contributed by atoms with van der Waals surface area (Å²) in [5.74, 6) is -0.0542. The fraction of sp³-hybridized carbons (Fsp3) is 0.292. The number of aliphatic hydroxyl groups excluding tert-OH is 3. The summed E-state index contributed by atoms with van der Waals surface area (Å²) in [5, 5.41) is 52.5. The number of thiophene rings is 7. The number of carbonyl (C=O) groups excluding carboxylic acids is 3. The lowest BCUT2D eigenvalue weighted by Crippen LogP contribution is -2.11. The third-order valence-electron chi connectivity index (χ3n) is 7.72. The van der Waals surface area contributed by atoms with E-state index in [2.05, 4.69) is 34.5 Å². The monoisotopic (exact) mass is 1340 g/mol. The average Bonchev–Trinajstić information content (AvgIpc) is 4.17. The Morgan fingerprint density at radius 2 is 1.03 bits per heavy atom. The lowest BCUT2D eigenvalue weighted by Gasteiger charge is -2.06. The van der Waals surface area contributed by atoms with E-state index < -0.39 is 5.97 Å². The molecule has 9 nitrogen and oxygen atoms in total. The molecule has 0 saturated heterocycles. The lowest BCUT2D eigenvalue weighted by atomic mass is 10.2. The van der Waals surface area contributed by atoms with E-state index in [0.29, 0.717) is 28.5 Å². The molecule has 69 heavy (non-hydrogen) atoms. The molecule has 5 N–H and O–H groups in total. The van der Waals surface area contributed by atoms with Crippen LogP contribution in [0.25, 0.3) is 0 Å². The molecule has 7 heterocycles. The molecule has 7 rings (SSSR count). The topological polar surface area (TPSA) is 161 Å². The number of hydrogen-bond acceptors (Lipinski definition) is 15. The molecule has 21 heteroatoms. The summed E-state index contributed by atoms with van der Waals surface area (Å²) in [7, 11) is 1.89. The number of Topliss-reactive ketones (excluding diaryl/α,β-unsaturated/α-hetero) is 1. The zero-order valence-electron chi connectivity index (χ0n) is 37.2. The van der Waals surface area contributed by atoms with Crippen molar-refractivity contribution >= 4 is 180 Å². The van der Waals surface area contributed by atoms with Crippen LogP contribution in [-0.4, -0.2) is 75.5 Å². The number of ketones is 2. The minimum atomic E-state index is -0.847. The van der Waals surface area contributed by atoms with Gasteiger partial charge in [-0.15, -0.1) is 115 Å². The van der Waals surface area contributed by atoms with Gasteiger partial charge in [-0.1, -0.05) is 86.0 Å². The maximum Gasteiger partial charge on any atom is 0.345 e. The molecule has 377 valence electrons. The fourth-order valence-corrected chi connectivity index (χ4v) is 10.2. The Hall–Kier alpha value is -1.94. The van der Waals surface area contributed by atoms with E-state index in [1.165, 1.54) is 51.4 Å². The van der Waals surface area contributed by atoms with Crippen molar-refractivity contribution in [2.45, 2.75) is 64.8 Å². The highest BCUT2D eigenvalue weighted by atomic mass is 127. The van der Waals surface area contributed by atoms with E-state index >= 15 is 0 Å². The van der Waals surface area contributed by atoms with Gasteiger partial charge in [0.25, 0.3) is 5.24 Å². The van der Waals surface area contributed by atoms with Crippen molar-refractivity contribution in [1.82, 2.24) is 5.32 Å². The summed E-state index contributed by atoms with van der Waals surface area (Å²) >= 11 is 23.2. The fourth-order valence-electron chi connectivity index (χ4n) is 4.45. The number of halogens is 4. The van der Waals surface area contributed by atoms with Crippen LogP contribution in [0.4, 0.5) is 0 Å². The van der Waals surface area contributed by atoms with Crippen LogP contribution in [0.15, 0.2) is 135 Å². The van der Waals surface area contributed by atoms with Crippen LogP contribution in [0.5, 0.6) is 0 Å². The van der Waals surface area contributed by atoms with Gasteiger partial charge in [0.2, 0.25) is 0 Å². The third-order valence-corrected chi connectivity index (χ3v) is 15.3. The molecule has 0 bridgehead atoms. The standard InChI is InChI=1S/C8H13NOS.C8H10OS.C7H9ClOS.C7H9IOS.C7H6OS.C5H3ClOS.C5H4O2S.CH4.B.HI/c1-9-5-4-7(10)8-3-2-6-11-8;1-2-4-7(9)8-5-3-6-10-8;2*8-4-3-6(9)7-2-1-5-10-7;1-2-6(8)7-4-3-5-9-7;2*6-5(7)4-2-1-3-8-4;;;/h2-3,6-7,9-10H,4-5H2,1H3;3,5-6H,2,4H2,1H3;2*1-2,5-6,9H,3-4H2;2-5H,1H2;1-3H;1-3H,(H,6,7);1H4;;1H/t7-;;2*6-;;;;;;/m0.00....../s1. The molecule has 0 fully saturated rings. The molecule has 0 spiro atoms. The van der Waals surface area contributed by atoms with Crippen molar-refractivity contribution in [2.75, 3.05) is 23.9 Å². The van der Waals surface area contributed by atoms with Crippen molar-refractivity contribution in [3.05, 3.63) is 169 Å². The van der Waals surface area contributed by atoms with Crippen molar-refractivity contribution in [2.24, 2.45) is 0 Å². The first-order chi connectivity index (χ1) is 31.8. The summed E-state index contributed by atoms with van der Waals surface area (Å²) in [6.45, 7) is 6.25. The Morgan fingerprint density at radius 1 is 0.652 bits per heavy atom. The number of nitrogens with one attached hydrogen (secondary N) is 1. The first kappa shape index (κ1) is 71.3. The Morgan fingerprint density at radius 3 is 1.32 bits per heavy atom. The molecule has 3 radical (unpaired) electrons. The highest BCUT2D eigenvalue weighted by molar-refractivity contribution is 14.1. The van der Waals surface area contributed by atoms with Gasteiger partial charge in [-0.3, -0.25) is 14.4 Å². The molecule has 0 amide bonds. The summed E-state index contributed by atoms with van der Waals surface area (Å²) < 4.78 is 1.01. The van der Waals surface area contributed by atoms with Crippen LogP contribution in [0, 0.1) is 0 Å². The van der Waals surface area contributed by atoms with Gasteiger partial charge in [-0.05, 0) is 137 Å². The number of alkyl halides is 2. The maximum absolute atomic E-state index is 11.1. The number of rotatable bonds is 17. The third kappa shape index (κ3) is 33.4. The van der Waals surface area contributed by atoms with E-state index in [0.717, 1.165) is 54.6 Å². The molecule has 0 aromatic carbocycles. The summed E-state index contributed by atoms with van der Waals surface area (Å²) in [5.41, 5.74) is 0. The summed E-state index contributed by atoms with van der Waals surface area (Å²) in [6.07, 6.45) is 4.35. The number of carboxylic acid groups (broad SMARTS) is 1. The first-order valence-electron chi connectivity index (χ1n) is 20.0. The normalized spacial score (nSPS) is 10.7. The zero-order chi connectivity index (χ0) is 49.0. The van der Waals surface area contributed by atoms with Crippen LogP contribution in [0.1, 0.15) is 118 Å². The maximum atomic E-state index is 11.1. The van der Waals surface area contributed by atoms with E-state index in [-0.39, 0.29) is 74.9 Å². The second kappa shape index (κ2) is 45.9. The van der Waals surface area contributed by atoms with Gasteiger partial charge in [0, 0.05) is 39.8 Å². The van der Waals surface area contributed by atoms with Gasteiger partial charge in [0.1, 0.15) is 4.88 Å². The summed E-state index contributed by atoms with van der Waals surface area (Å²) in [4.78, 5) is 48.0. The highest BCUT2D eigenvalue weighted by Gasteiger charge is 2.08. The van der Waals surface area contributed by atoms with Crippen molar-refractivity contribution < 1.29 is 39.6 Å². The van der Waals surface area contributed by atoms with Crippen LogP contribution in [0.3, 0.4) is 0 Å². The van der Waals surface area contributed by atoms with Crippen LogP contribution in [0.2, 0.25) is 0 Å². The average molecular weight is 1340 g/mol. The van der Waals surface area contributed by atoms with Crippen molar-refractivity contribution in [1.29, 1.82) is 0 Å². The van der Waals surface area contributed by atoms with Crippen LogP contribution < -0.4 is 5.32 Å². The van der Waals surface area contributed by atoms with E-state index in [1.54, 1.807) is 69.7 Å². The molecule has 3 atom stereocenters. The quantitative estimate of drug-likeness (QED) is 0.0149. The second-order valence-corrected chi connectivity index (χ2v) is 21.2. The predicted octanol–water partition coefficient (Wildman–Crippen LogP) is 15.7. The van der Waals surface area contributed by atoms with E-state index in [4.69, 9.17) is 28.3 Å². The molecule has 0 aliphatic carbocycles. The smallest absolute Gasteiger partial charge is 0.345 e. The minimum absolute atomic E-state index is 0. The number of aliphatic hydroxyl groups is 3. The number of carbonyl (C=O) groups is 4. The molecule has 0 unspecified atom stereocenters. The molecule has 0 aliphatic rings. The summed E-state index contributed by atoms with van der Waals surface area (Å²) in [6, 6.07) is 25.9. The van der Waals surface area contributed by atoms with Crippen LogP contribution >= 0.6 is 149 Å². The number of carboxylic acids is 1. The van der Waals surface area contributed by atoms with Crippen molar-refractivity contribution in [3.8, 4) is 0 Å². The minimum Gasteiger partial charge on any atom is -0.477 e. The van der Waals surface area contributed by atoms with E-state index in [9.17, 15) is 34.5 Å². The van der Waals surface area contributed by atoms with Gasteiger partial charge in [-0.2, -0.15) is 0 Å². The number of aromatic carboxylic acids is 1. The van der Waals surface area contributed by atoms with Gasteiger partial charge in [0.15, 0.2) is 11.6 Å². The number of hydrogen-bond donors (Lipinski definition) is 5. The largest absolute Gasteiger partial charge is 0.477 e. The molecular weight excluding hydrogens is 1280 g/mol. The SMILES string of the molecule is C.C=CC(=O)c1cccs1.CCCC(=O)c1cccs1.CNCC[C@H](O)c1cccs1.I.O=C(Cl)c1cccs1.O=C(O)c1cccs1.O[C@@H](CCCl)c1cccs1.O[C@@H](CCI)c1cccs1.[B]. The zero-order valence-corrected chi connectivity index (χ0v) is 48.9. The van der Waals surface area contributed by atoms with E-state index in [1.807, 2.05) is 101 Å². The van der Waals surface area contributed by atoms with Gasteiger partial charge >= 0.3 is 5.97 Å². The van der Waals surface area contributed by atoms with Crippen molar-refractivity contribution in [3.63, 3.8) is 0 Å². The molecule has 0 saturated carbocycles. The predicted molar refractivity (Wildman–Crippen MR) is 321 cm³/mol. The Bertz CT molecular complexity index is 2130. The Kier molecular flexibility index (Phi) is 47.4. The molecule has 7 aromatic rings.